The van der Waals surface area contributed by atoms with Crippen molar-refractivity contribution in [2.24, 2.45) is 0 Å². The summed E-state index contributed by atoms with van der Waals surface area (Å²) < 4.78 is 16.8. The number of methoxy groups -OCH3 is 2. The molecule has 2 aromatic carbocycles. The van der Waals surface area contributed by atoms with Gasteiger partial charge in [0.25, 0.3) is 5.91 Å². The highest BCUT2D eigenvalue weighted by molar-refractivity contribution is 14.1. The summed E-state index contributed by atoms with van der Waals surface area (Å²) in [5, 5.41) is 0. The van der Waals surface area contributed by atoms with Crippen molar-refractivity contribution in [3.63, 3.8) is 0 Å². The molecule has 1 aliphatic heterocycles. The minimum absolute atomic E-state index is 0.171. The van der Waals surface area contributed by atoms with Gasteiger partial charge in [0.1, 0.15) is 0 Å². The van der Waals surface area contributed by atoms with Crippen LogP contribution in [-0.4, -0.2) is 37.0 Å². The SMILES string of the molecule is COC(=O)COc1c(I)cc(/C=C2/SC(=S)N(c3cccc(C)c3)C2=O)cc1OC. The number of thiocarbonyl (C=S) groups is 1. The predicted molar refractivity (Wildman–Crippen MR) is 130 cm³/mol. The summed E-state index contributed by atoms with van der Waals surface area (Å²) >= 11 is 8.78. The van der Waals surface area contributed by atoms with Crippen molar-refractivity contribution in [2.75, 3.05) is 25.7 Å². The molecule has 0 N–H and O–H groups in total. The number of hydrogen-bond acceptors (Lipinski definition) is 7. The van der Waals surface area contributed by atoms with Crippen LogP contribution in [0, 0.1) is 10.5 Å². The van der Waals surface area contributed by atoms with Gasteiger partial charge >= 0.3 is 5.97 Å². The highest BCUT2D eigenvalue weighted by Crippen LogP contribution is 2.39. The fourth-order valence-corrected chi connectivity index (χ4v) is 4.84. The third kappa shape index (κ3) is 4.96. The Balaban J connectivity index is 1.89. The second-order valence-corrected chi connectivity index (χ2v) is 9.09. The number of hydrogen-bond donors (Lipinski definition) is 0. The van der Waals surface area contributed by atoms with Crippen LogP contribution in [0.25, 0.3) is 6.08 Å². The third-order valence-electron chi connectivity index (χ3n) is 4.17. The zero-order chi connectivity index (χ0) is 21.8. The minimum atomic E-state index is -0.489. The molecule has 0 saturated carbocycles. The molecule has 0 unspecified atom stereocenters. The van der Waals surface area contributed by atoms with Gasteiger partial charge in [-0.2, -0.15) is 0 Å². The Labute approximate surface area is 197 Å². The van der Waals surface area contributed by atoms with Crippen LogP contribution in [0.4, 0.5) is 5.69 Å². The lowest BCUT2D eigenvalue weighted by molar-refractivity contribution is -0.142. The van der Waals surface area contributed by atoms with E-state index in [1.165, 1.54) is 30.9 Å². The Bertz CT molecular complexity index is 1050. The van der Waals surface area contributed by atoms with E-state index < -0.39 is 5.97 Å². The van der Waals surface area contributed by atoms with Gasteiger partial charge in [-0.25, -0.2) is 4.79 Å². The highest BCUT2D eigenvalue weighted by atomic mass is 127. The van der Waals surface area contributed by atoms with Crippen molar-refractivity contribution in [3.05, 3.63) is 56.0 Å². The van der Waals surface area contributed by atoms with Crippen LogP contribution in [0.1, 0.15) is 11.1 Å². The molecule has 0 radical (unpaired) electrons. The first-order chi connectivity index (χ1) is 14.3. The second-order valence-electron chi connectivity index (χ2n) is 6.26. The van der Waals surface area contributed by atoms with E-state index in [4.69, 9.17) is 21.7 Å². The molecule has 156 valence electrons. The number of anilines is 1. The lowest BCUT2D eigenvalue weighted by Crippen LogP contribution is -2.27. The summed E-state index contributed by atoms with van der Waals surface area (Å²) in [7, 11) is 2.81. The quantitative estimate of drug-likeness (QED) is 0.224. The smallest absolute Gasteiger partial charge is 0.343 e. The van der Waals surface area contributed by atoms with Crippen LogP contribution in [0.3, 0.4) is 0 Å². The Morgan fingerprint density at radius 2 is 2.03 bits per heavy atom. The maximum Gasteiger partial charge on any atom is 0.343 e. The van der Waals surface area contributed by atoms with Crippen LogP contribution in [-0.2, 0) is 14.3 Å². The van der Waals surface area contributed by atoms with Gasteiger partial charge < -0.3 is 14.2 Å². The average Bonchev–Trinajstić information content (AvgIpc) is 2.99. The molecular weight excluding hydrogens is 537 g/mol. The van der Waals surface area contributed by atoms with Crippen molar-refractivity contribution in [3.8, 4) is 11.5 Å². The number of esters is 1. The molecule has 1 heterocycles. The van der Waals surface area contributed by atoms with Gasteiger partial charge in [0.05, 0.1) is 28.4 Å². The van der Waals surface area contributed by atoms with Gasteiger partial charge in [-0.1, -0.05) is 36.1 Å². The number of thioether (sulfide) groups is 1. The molecule has 1 aliphatic rings. The van der Waals surface area contributed by atoms with Gasteiger partial charge in [0.2, 0.25) is 0 Å². The normalized spacial score (nSPS) is 14.9. The molecule has 0 aromatic heterocycles. The maximum absolute atomic E-state index is 13.0. The Morgan fingerprint density at radius 3 is 2.70 bits per heavy atom. The Hall–Kier alpha value is -2.11. The van der Waals surface area contributed by atoms with E-state index >= 15 is 0 Å². The van der Waals surface area contributed by atoms with E-state index in [9.17, 15) is 9.59 Å². The molecule has 9 heteroatoms. The lowest BCUT2D eigenvalue weighted by Gasteiger charge is -2.15. The van der Waals surface area contributed by atoms with Crippen molar-refractivity contribution in [2.45, 2.75) is 6.92 Å². The van der Waals surface area contributed by atoms with Gasteiger partial charge in [-0.15, -0.1) is 0 Å². The van der Waals surface area contributed by atoms with Crippen molar-refractivity contribution in [1.29, 1.82) is 0 Å². The second kappa shape index (κ2) is 9.80. The summed E-state index contributed by atoms with van der Waals surface area (Å²) in [5.41, 5.74) is 2.55. The molecule has 1 amide bonds. The van der Waals surface area contributed by atoms with Crippen LogP contribution >= 0.6 is 46.6 Å². The molecule has 1 saturated heterocycles. The van der Waals surface area contributed by atoms with Gasteiger partial charge in [0, 0.05) is 0 Å². The number of carbonyl (C=O) groups is 2. The van der Waals surface area contributed by atoms with Crippen LogP contribution in [0.5, 0.6) is 11.5 Å². The summed E-state index contributed by atoms with van der Waals surface area (Å²) in [6, 6.07) is 11.2. The first-order valence-electron chi connectivity index (χ1n) is 8.75. The number of amides is 1. The van der Waals surface area contributed by atoms with Gasteiger partial charge in [-0.3, -0.25) is 9.69 Å². The Morgan fingerprint density at radius 1 is 1.27 bits per heavy atom. The molecule has 1 fully saturated rings. The summed E-state index contributed by atoms with van der Waals surface area (Å²) in [6.07, 6.45) is 1.77. The standard InChI is InChI=1S/C21H18INO5S2/c1-12-5-4-6-14(7-12)23-20(25)17(30-21(23)29)10-13-8-15(22)19(16(9-13)26-2)28-11-18(24)27-3/h4-10H,11H2,1-3H3/b17-10+. The summed E-state index contributed by atoms with van der Waals surface area (Å²) in [5.74, 6) is 0.228. The van der Waals surface area contributed by atoms with E-state index in [2.05, 4.69) is 27.3 Å². The van der Waals surface area contributed by atoms with Crippen molar-refractivity contribution >= 4 is 74.5 Å². The minimum Gasteiger partial charge on any atom is -0.493 e. The monoisotopic (exact) mass is 555 g/mol. The largest absolute Gasteiger partial charge is 0.493 e. The highest BCUT2D eigenvalue weighted by Gasteiger charge is 2.33. The van der Waals surface area contributed by atoms with Crippen LogP contribution in [0.15, 0.2) is 41.3 Å². The van der Waals surface area contributed by atoms with Crippen molar-refractivity contribution in [1.82, 2.24) is 0 Å². The molecule has 0 atom stereocenters. The summed E-state index contributed by atoms with van der Waals surface area (Å²) in [6.45, 7) is 1.74. The van der Waals surface area contributed by atoms with E-state index in [1.54, 1.807) is 12.1 Å². The molecule has 0 spiro atoms. The molecule has 0 aliphatic carbocycles. The molecule has 0 bridgehead atoms. The number of rotatable bonds is 6. The van der Waals surface area contributed by atoms with E-state index in [0.717, 1.165) is 20.4 Å². The first-order valence-corrected chi connectivity index (χ1v) is 11.1. The zero-order valence-electron chi connectivity index (χ0n) is 16.4. The summed E-state index contributed by atoms with van der Waals surface area (Å²) in [4.78, 5) is 26.4. The third-order valence-corrected chi connectivity index (χ3v) is 6.27. The number of aryl methyl sites for hydroxylation is 1. The molecule has 30 heavy (non-hydrogen) atoms. The van der Waals surface area contributed by atoms with E-state index in [0.29, 0.717) is 20.7 Å². The number of nitrogens with zero attached hydrogens (tertiary/aromatic N) is 1. The molecular formula is C21H18INO5S2. The van der Waals surface area contributed by atoms with E-state index in [1.807, 2.05) is 37.3 Å². The van der Waals surface area contributed by atoms with Crippen LogP contribution < -0.4 is 14.4 Å². The lowest BCUT2D eigenvalue weighted by atomic mass is 10.1. The predicted octanol–water partition coefficient (Wildman–Crippen LogP) is 4.57. The zero-order valence-corrected chi connectivity index (χ0v) is 20.2. The van der Waals surface area contributed by atoms with Gasteiger partial charge in [0.15, 0.2) is 22.4 Å². The topological polar surface area (TPSA) is 65.1 Å². The van der Waals surface area contributed by atoms with E-state index in [-0.39, 0.29) is 12.5 Å². The fraction of sp³-hybridized carbons (Fsp3) is 0.190. The number of benzene rings is 2. The molecule has 6 nitrogen and oxygen atoms in total. The number of ether oxygens (including phenoxy) is 3. The van der Waals surface area contributed by atoms with Gasteiger partial charge in [-0.05, 0) is 71.0 Å². The number of halogens is 1. The average molecular weight is 555 g/mol. The Kier molecular flexibility index (Phi) is 7.37. The fourth-order valence-electron chi connectivity index (χ4n) is 2.76. The van der Waals surface area contributed by atoms with Crippen LogP contribution in [0.2, 0.25) is 0 Å². The molecule has 2 aromatic rings. The number of carbonyl (C=O) groups excluding carboxylic acids is 2. The van der Waals surface area contributed by atoms with Crippen molar-refractivity contribution < 1.29 is 23.8 Å². The maximum atomic E-state index is 13.0. The molecule has 3 rings (SSSR count). The first kappa shape index (κ1) is 22.6.